The molecule has 0 radical (unpaired) electrons. The second kappa shape index (κ2) is 4.85. The third kappa shape index (κ3) is 3.57. The molecule has 0 amide bonds. The van der Waals surface area contributed by atoms with Crippen LogP contribution in [-0.2, 0) is 0 Å². The Kier molecular flexibility index (Phi) is 3.69. The molecule has 0 fully saturated rings. The molecular weight excluding hydrogens is 259 g/mol. The maximum Gasteiger partial charge on any atom is 0.405 e. The Hall–Kier alpha value is -2.39. The van der Waals surface area contributed by atoms with E-state index in [9.17, 15) is 33.4 Å². The first kappa shape index (κ1) is 13.7. The van der Waals surface area contributed by atoms with Crippen LogP contribution in [0.15, 0.2) is 18.2 Å². The van der Waals surface area contributed by atoms with E-state index in [0.717, 1.165) is 12.1 Å². The lowest BCUT2D eigenvalue weighted by Crippen LogP contribution is -2.21. The van der Waals surface area contributed by atoms with Crippen molar-refractivity contribution in [3.63, 3.8) is 0 Å². The van der Waals surface area contributed by atoms with Crippen LogP contribution in [-0.4, -0.2) is 22.6 Å². The molecule has 1 N–H and O–H groups in total. The van der Waals surface area contributed by atoms with E-state index in [1.807, 2.05) is 5.32 Å². The zero-order chi connectivity index (χ0) is 13.9. The van der Waals surface area contributed by atoms with Crippen molar-refractivity contribution >= 4 is 17.1 Å². The highest BCUT2D eigenvalue weighted by atomic mass is 19.4. The van der Waals surface area contributed by atoms with Gasteiger partial charge >= 0.3 is 6.18 Å². The highest BCUT2D eigenvalue weighted by Crippen LogP contribution is 2.29. The molecule has 1 rings (SSSR count). The van der Waals surface area contributed by atoms with E-state index in [2.05, 4.69) is 0 Å². The first-order valence-corrected chi connectivity index (χ1v) is 4.44. The molecule has 0 unspecified atom stereocenters. The molecule has 0 atom stereocenters. The monoisotopic (exact) mass is 265 g/mol. The quantitative estimate of drug-likeness (QED) is 0.666. The van der Waals surface area contributed by atoms with Gasteiger partial charge in [0.25, 0.3) is 11.4 Å². The largest absolute Gasteiger partial charge is 0.405 e. The molecule has 0 spiro atoms. The third-order valence-electron chi connectivity index (χ3n) is 1.87. The molecule has 0 aliphatic heterocycles. The number of nitrogens with zero attached hydrogens (tertiary/aromatic N) is 2. The minimum atomic E-state index is -4.55. The maximum absolute atomic E-state index is 11.9. The average molecular weight is 265 g/mol. The van der Waals surface area contributed by atoms with Gasteiger partial charge in [0.05, 0.1) is 15.9 Å². The fourth-order valence-electron chi connectivity index (χ4n) is 1.13. The van der Waals surface area contributed by atoms with Crippen molar-refractivity contribution in [2.45, 2.75) is 6.18 Å². The van der Waals surface area contributed by atoms with Crippen molar-refractivity contribution in [3.05, 3.63) is 38.4 Å². The number of benzene rings is 1. The Balaban J connectivity index is 3.05. The first-order valence-electron chi connectivity index (χ1n) is 4.44. The average Bonchev–Trinajstić information content (AvgIpc) is 2.24. The smallest absolute Gasteiger partial charge is 0.371 e. The van der Waals surface area contributed by atoms with Crippen LogP contribution in [0, 0.1) is 20.2 Å². The van der Waals surface area contributed by atoms with Crippen molar-refractivity contribution in [2.24, 2.45) is 0 Å². The highest BCUT2D eigenvalue weighted by molar-refractivity contribution is 5.65. The van der Waals surface area contributed by atoms with Crippen LogP contribution in [0.1, 0.15) is 0 Å². The predicted octanol–water partition coefficient (Wildman–Crippen LogP) is 2.48. The molecule has 0 aromatic heterocycles. The molecule has 10 heteroatoms. The van der Waals surface area contributed by atoms with Crippen LogP contribution < -0.4 is 5.32 Å². The van der Waals surface area contributed by atoms with Gasteiger partial charge in [-0.2, -0.15) is 13.2 Å². The van der Waals surface area contributed by atoms with Gasteiger partial charge in [-0.25, -0.2) is 0 Å². The third-order valence-corrected chi connectivity index (χ3v) is 1.87. The number of rotatable bonds is 4. The van der Waals surface area contributed by atoms with Gasteiger partial charge in [0.1, 0.15) is 12.2 Å². The number of nitro benzene ring substituents is 2. The predicted molar refractivity (Wildman–Crippen MR) is 54.3 cm³/mol. The van der Waals surface area contributed by atoms with Gasteiger partial charge in [-0.05, 0) is 6.07 Å². The topological polar surface area (TPSA) is 98.3 Å². The standard InChI is InChI=1S/C8H6F3N3O4/c9-8(10,11)4-12-6-2-1-5(13(15)16)3-7(6)14(17)18/h1-3,12H,4H2. The fraction of sp³-hybridized carbons (Fsp3) is 0.250. The van der Waals surface area contributed by atoms with Gasteiger partial charge in [0.15, 0.2) is 0 Å². The molecule has 0 bridgehead atoms. The number of alkyl halides is 3. The van der Waals surface area contributed by atoms with Crippen LogP contribution in [0.5, 0.6) is 0 Å². The zero-order valence-electron chi connectivity index (χ0n) is 8.60. The molecule has 98 valence electrons. The molecule has 7 nitrogen and oxygen atoms in total. The molecule has 1 aromatic carbocycles. The molecule has 0 aliphatic carbocycles. The molecule has 0 heterocycles. The van der Waals surface area contributed by atoms with E-state index in [-0.39, 0.29) is 0 Å². The van der Waals surface area contributed by atoms with Crippen molar-refractivity contribution in [3.8, 4) is 0 Å². The van der Waals surface area contributed by atoms with E-state index in [1.165, 1.54) is 0 Å². The van der Waals surface area contributed by atoms with E-state index in [4.69, 9.17) is 0 Å². The summed E-state index contributed by atoms with van der Waals surface area (Å²) < 4.78 is 35.8. The molecular formula is C8H6F3N3O4. The summed E-state index contributed by atoms with van der Waals surface area (Å²) in [7, 11) is 0. The number of halogens is 3. The summed E-state index contributed by atoms with van der Waals surface area (Å²) >= 11 is 0. The van der Waals surface area contributed by atoms with Gasteiger partial charge in [0.2, 0.25) is 0 Å². The van der Waals surface area contributed by atoms with Gasteiger partial charge in [-0.3, -0.25) is 20.2 Å². The Bertz CT molecular complexity index is 489. The van der Waals surface area contributed by atoms with Gasteiger partial charge in [0, 0.05) is 6.07 Å². The van der Waals surface area contributed by atoms with Crippen LogP contribution in [0.4, 0.5) is 30.2 Å². The SMILES string of the molecule is O=[N+]([O-])c1ccc(NCC(F)(F)F)c([N+](=O)[O-])c1. The van der Waals surface area contributed by atoms with Crippen molar-refractivity contribution in [2.75, 3.05) is 11.9 Å². The van der Waals surface area contributed by atoms with Crippen molar-refractivity contribution < 1.29 is 23.0 Å². The summed E-state index contributed by atoms with van der Waals surface area (Å²) in [6.45, 7) is -1.47. The summed E-state index contributed by atoms with van der Waals surface area (Å²) in [5, 5.41) is 22.8. The summed E-state index contributed by atoms with van der Waals surface area (Å²) in [6, 6.07) is 2.34. The summed E-state index contributed by atoms with van der Waals surface area (Å²) in [4.78, 5) is 19.1. The molecule has 0 saturated carbocycles. The van der Waals surface area contributed by atoms with Crippen LogP contribution in [0.3, 0.4) is 0 Å². The Morgan fingerprint density at radius 2 is 1.78 bits per heavy atom. The van der Waals surface area contributed by atoms with Crippen LogP contribution >= 0.6 is 0 Å². The van der Waals surface area contributed by atoms with Crippen LogP contribution in [0.2, 0.25) is 0 Å². The summed E-state index contributed by atoms with van der Waals surface area (Å²) in [5.74, 6) is 0. The molecule has 0 saturated heterocycles. The molecule has 0 aliphatic rings. The van der Waals surface area contributed by atoms with E-state index >= 15 is 0 Å². The number of hydrogen-bond acceptors (Lipinski definition) is 5. The van der Waals surface area contributed by atoms with Gasteiger partial charge < -0.3 is 5.32 Å². The lowest BCUT2D eigenvalue weighted by Gasteiger charge is -2.09. The Morgan fingerprint density at radius 3 is 2.22 bits per heavy atom. The Labute approximate surface area is 97.5 Å². The lowest BCUT2D eigenvalue weighted by molar-refractivity contribution is -0.393. The summed E-state index contributed by atoms with van der Waals surface area (Å²) in [6.07, 6.45) is -4.55. The van der Waals surface area contributed by atoms with E-state index in [0.29, 0.717) is 6.07 Å². The Morgan fingerprint density at radius 1 is 1.17 bits per heavy atom. The highest BCUT2D eigenvalue weighted by Gasteiger charge is 2.28. The number of nitro groups is 2. The molecule has 1 aromatic rings. The minimum Gasteiger partial charge on any atom is -0.371 e. The molecule has 18 heavy (non-hydrogen) atoms. The number of nitrogens with one attached hydrogen (secondary N) is 1. The number of non-ortho nitro benzene ring substituents is 1. The normalized spacial score (nSPS) is 11.1. The van der Waals surface area contributed by atoms with Crippen molar-refractivity contribution in [1.29, 1.82) is 0 Å². The second-order valence-corrected chi connectivity index (χ2v) is 3.18. The second-order valence-electron chi connectivity index (χ2n) is 3.18. The van der Waals surface area contributed by atoms with Crippen LogP contribution in [0.25, 0.3) is 0 Å². The first-order chi connectivity index (χ1) is 8.20. The minimum absolute atomic E-state index is 0.428. The van der Waals surface area contributed by atoms with Gasteiger partial charge in [-0.15, -0.1) is 0 Å². The number of hydrogen-bond donors (Lipinski definition) is 1. The lowest BCUT2D eigenvalue weighted by atomic mass is 10.2. The number of anilines is 1. The van der Waals surface area contributed by atoms with Gasteiger partial charge in [-0.1, -0.05) is 0 Å². The van der Waals surface area contributed by atoms with E-state index in [1.54, 1.807) is 0 Å². The zero-order valence-corrected chi connectivity index (χ0v) is 8.60. The maximum atomic E-state index is 11.9. The summed E-state index contributed by atoms with van der Waals surface area (Å²) in [5.41, 5.74) is -1.78. The fourth-order valence-corrected chi connectivity index (χ4v) is 1.13. The van der Waals surface area contributed by atoms with E-state index < -0.39 is 39.6 Å². The van der Waals surface area contributed by atoms with Crippen molar-refractivity contribution in [1.82, 2.24) is 0 Å².